The average molecular weight is 691 g/mol. The van der Waals surface area contributed by atoms with Gasteiger partial charge in [-0.25, -0.2) is 0 Å². The number of ether oxygens (including phenoxy) is 4. The summed E-state index contributed by atoms with van der Waals surface area (Å²) in [5.74, 6) is -5.83. The number of nitro groups is 4. The van der Waals surface area contributed by atoms with E-state index in [1.54, 1.807) is 0 Å². The summed E-state index contributed by atoms with van der Waals surface area (Å²) in [4.78, 5) is 73.7. The summed E-state index contributed by atoms with van der Waals surface area (Å²) in [6, 6.07) is 10.1. The van der Waals surface area contributed by atoms with E-state index in [9.17, 15) is 50.0 Å². The first kappa shape index (κ1) is 34.0. The van der Waals surface area contributed by atoms with Gasteiger partial charge < -0.3 is 28.7 Å². The Kier molecular flexibility index (Phi) is 8.85. The fourth-order valence-corrected chi connectivity index (χ4v) is 4.68. The van der Waals surface area contributed by atoms with Crippen LogP contribution in [0.4, 0.5) is 22.7 Å². The minimum Gasteiger partial charge on any atom is -0.449 e. The number of hydrogen-bond acceptors (Lipinski definition) is 14. The van der Waals surface area contributed by atoms with E-state index in [-0.39, 0.29) is 0 Å². The van der Waals surface area contributed by atoms with Gasteiger partial charge in [0.15, 0.2) is 0 Å². The summed E-state index contributed by atoms with van der Waals surface area (Å²) in [7, 11) is 5.37. The van der Waals surface area contributed by atoms with Crippen molar-refractivity contribution in [3.63, 3.8) is 0 Å². The van der Waals surface area contributed by atoms with Crippen molar-refractivity contribution in [2.75, 3.05) is 28.2 Å². The van der Waals surface area contributed by atoms with E-state index in [1.807, 2.05) is 0 Å². The van der Waals surface area contributed by atoms with Crippen molar-refractivity contribution in [3.05, 3.63) is 112 Å². The number of fused-ring (bicyclic) bond motifs is 8. The van der Waals surface area contributed by atoms with Crippen molar-refractivity contribution >= 4 is 34.6 Å². The van der Waals surface area contributed by atoms with Crippen molar-refractivity contribution in [2.24, 2.45) is 0 Å². The first-order chi connectivity index (χ1) is 23.6. The summed E-state index contributed by atoms with van der Waals surface area (Å²) in [5, 5.41) is 48.5. The SMILES string of the molecule is CN(C)C(=O)c1c2cccc1Oc1cc(c([N+](=O)[O-])cc1[N+](=O)[O-])Oc1cccc(c1C(=O)N(C)C)Oc1cc(c([N+](=O)[O-])cc1[N+](=O)[O-])O2. The largest absolute Gasteiger partial charge is 0.449 e. The maximum Gasteiger partial charge on any atom is 0.318 e. The lowest BCUT2D eigenvalue weighted by atomic mass is 10.1. The standard InChI is InChI=1S/C30H22N6O14/c1-31(2)29(37)27-19-7-5-8-20(27)48-24-14-26(18(36(45)46)12-16(24)34(41)42)50-22-10-6-9-21(28(22)30(38)32(3)4)49-25-13-23(47-19)15(33(39)40)11-17(25)35(43)44/h5-14H,1-4H3. The van der Waals surface area contributed by atoms with Gasteiger partial charge in [-0.3, -0.25) is 50.0 Å². The number of carbonyl (C=O) groups is 2. The predicted octanol–water partition coefficient (Wildman–Crippen LogP) is 6.21. The third-order valence-corrected chi connectivity index (χ3v) is 6.96. The predicted molar refractivity (Wildman–Crippen MR) is 169 cm³/mol. The van der Waals surface area contributed by atoms with Gasteiger partial charge in [0.2, 0.25) is 23.0 Å². The van der Waals surface area contributed by atoms with E-state index < -0.39 is 111 Å². The molecule has 0 aliphatic carbocycles. The Morgan fingerprint density at radius 2 is 0.700 bits per heavy atom. The van der Waals surface area contributed by atoms with Crippen LogP contribution in [0.15, 0.2) is 60.7 Å². The molecule has 256 valence electrons. The molecule has 0 saturated heterocycles. The van der Waals surface area contributed by atoms with Gasteiger partial charge >= 0.3 is 22.7 Å². The highest BCUT2D eigenvalue weighted by Crippen LogP contribution is 2.48. The lowest BCUT2D eigenvalue weighted by Gasteiger charge is -2.20. The zero-order valence-electron chi connectivity index (χ0n) is 26.2. The molecule has 0 N–H and O–H groups in total. The van der Waals surface area contributed by atoms with E-state index in [1.165, 1.54) is 64.6 Å². The molecule has 8 bridgehead atoms. The number of carbonyl (C=O) groups excluding carboxylic acids is 2. The molecule has 0 radical (unpaired) electrons. The Labute approximate surface area is 279 Å². The average Bonchev–Trinajstić information content (AvgIpc) is 3.03. The lowest BCUT2D eigenvalue weighted by molar-refractivity contribution is -0.395. The number of nitrogens with zero attached hydrogens (tertiary/aromatic N) is 6. The van der Waals surface area contributed by atoms with Crippen molar-refractivity contribution in [1.82, 2.24) is 9.80 Å². The monoisotopic (exact) mass is 690 g/mol. The topological polar surface area (TPSA) is 250 Å². The summed E-state index contributed by atoms with van der Waals surface area (Å²) in [6.07, 6.45) is 0. The highest BCUT2D eigenvalue weighted by molar-refractivity contribution is 6.00. The molecule has 1 aliphatic rings. The second kappa shape index (κ2) is 13.0. The van der Waals surface area contributed by atoms with Crippen LogP contribution in [-0.4, -0.2) is 69.5 Å². The van der Waals surface area contributed by atoms with Crippen molar-refractivity contribution < 1.29 is 48.2 Å². The van der Waals surface area contributed by atoms with Gasteiger partial charge in [0.25, 0.3) is 11.8 Å². The van der Waals surface area contributed by atoms with E-state index >= 15 is 0 Å². The van der Waals surface area contributed by atoms with Crippen LogP contribution in [0.2, 0.25) is 0 Å². The zero-order chi connectivity index (χ0) is 36.6. The van der Waals surface area contributed by atoms with Crippen LogP contribution >= 0.6 is 0 Å². The molecular formula is C30H22N6O14. The number of rotatable bonds is 6. The first-order valence-corrected chi connectivity index (χ1v) is 13.9. The molecule has 0 unspecified atom stereocenters. The number of amides is 2. The van der Waals surface area contributed by atoms with Crippen LogP contribution in [0.5, 0.6) is 46.0 Å². The van der Waals surface area contributed by atoms with E-state index in [4.69, 9.17) is 18.9 Å². The summed E-state index contributed by atoms with van der Waals surface area (Å²) in [5.41, 5.74) is -4.51. The summed E-state index contributed by atoms with van der Waals surface area (Å²) < 4.78 is 23.4. The molecule has 0 saturated carbocycles. The Balaban J connectivity index is 1.93. The Hall–Kier alpha value is -7.38. The second-order valence-electron chi connectivity index (χ2n) is 10.7. The second-order valence-corrected chi connectivity index (χ2v) is 10.7. The van der Waals surface area contributed by atoms with Crippen LogP contribution in [0, 0.1) is 40.5 Å². The van der Waals surface area contributed by atoms with Gasteiger partial charge in [0.05, 0.1) is 19.7 Å². The molecule has 4 aromatic carbocycles. The van der Waals surface area contributed by atoms with E-state index in [2.05, 4.69) is 0 Å². The molecule has 1 aliphatic heterocycles. The normalized spacial score (nSPS) is 11.4. The quantitative estimate of drug-likeness (QED) is 0.142. The number of hydrogen-bond donors (Lipinski definition) is 0. The fraction of sp³-hybridized carbons (Fsp3) is 0.133. The van der Waals surface area contributed by atoms with Gasteiger partial charge in [-0.2, -0.15) is 0 Å². The highest BCUT2D eigenvalue weighted by atomic mass is 16.6. The van der Waals surface area contributed by atoms with Gasteiger partial charge in [0.1, 0.15) is 46.3 Å². The fourth-order valence-electron chi connectivity index (χ4n) is 4.68. The number of nitro benzene ring substituents is 4. The summed E-state index contributed by atoms with van der Waals surface area (Å²) in [6.45, 7) is 0. The molecule has 2 amide bonds. The molecule has 0 atom stereocenters. The number of benzene rings is 4. The highest BCUT2D eigenvalue weighted by Gasteiger charge is 2.34. The third-order valence-electron chi connectivity index (χ3n) is 6.96. The van der Waals surface area contributed by atoms with Crippen LogP contribution in [0.25, 0.3) is 0 Å². The Morgan fingerprint density at radius 1 is 0.460 bits per heavy atom. The van der Waals surface area contributed by atoms with Crippen molar-refractivity contribution in [1.29, 1.82) is 0 Å². The maximum absolute atomic E-state index is 13.5. The lowest BCUT2D eigenvalue weighted by Crippen LogP contribution is -2.23. The molecule has 1 heterocycles. The Bertz CT molecular complexity index is 1880. The molecule has 4 aromatic rings. The van der Waals surface area contributed by atoms with Crippen molar-refractivity contribution in [3.8, 4) is 46.0 Å². The molecule has 50 heavy (non-hydrogen) atoms. The minimum absolute atomic E-state index is 0.400. The molecular weight excluding hydrogens is 668 g/mol. The molecule has 0 fully saturated rings. The molecule has 20 heteroatoms. The third kappa shape index (κ3) is 6.30. The molecule has 0 aromatic heterocycles. The maximum atomic E-state index is 13.5. The van der Waals surface area contributed by atoms with Crippen LogP contribution in [0.3, 0.4) is 0 Å². The summed E-state index contributed by atoms with van der Waals surface area (Å²) >= 11 is 0. The van der Waals surface area contributed by atoms with Crippen LogP contribution in [-0.2, 0) is 0 Å². The van der Waals surface area contributed by atoms with Gasteiger partial charge in [0, 0.05) is 40.3 Å². The van der Waals surface area contributed by atoms with Gasteiger partial charge in [-0.05, 0) is 24.3 Å². The molecule has 5 rings (SSSR count). The molecule has 0 spiro atoms. The Morgan fingerprint density at radius 3 is 0.900 bits per heavy atom. The molecule has 20 nitrogen and oxygen atoms in total. The van der Waals surface area contributed by atoms with Crippen LogP contribution < -0.4 is 18.9 Å². The smallest absolute Gasteiger partial charge is 0.318 e. The van der Waals surface area contributed by atoms with Gasteiger partial charge in [-0.1, -0.05) is 12.1 Å². The van der Waals surface area contributed by atoms with E-state index in [0.29, 0.717) is 12.1 Å². The van der Waals surface area contributed by atoms with Crippen molar-refractivity contribution in [2.45, 2.75) is 0 Å². The first-order valence-electron chi connectivity index (χ1n) is 13.9. The minimum atomic E-state index is -0.977. The van der Waals surface area contributed by atoms with Gasteiger partial charge in [-0.15, -0.1) is 0 Å². The van der Waals surface area contributed by atoms with Crippen LogP contribution in [0.1, 0.15) is 20.7 Å². The van der Waals surface area contributed by atoms with E-state index in [0.717, 1.165) is 21.9 Å². The zero-order valence-corrected chi connectivity index (χ0v) is 26.2.